The van der Waals surface area contributed by atoms with E-state index in [1.807, 2.05) is 0 Å². The summed E-state index contributed by atoms with van der Waals surface area (Å²) in [5.41, 5.74) is 0.587. The van der Waals surface area contributed by atoms with Crippen molar-refractivity contribution in [3.8, 4) is 16.2 Å². The smallest absolute Gasteiger partial charge is 0.423 e. The van der Waals surface area contributed by atoms with Gasteiger partial charge in [-0.2, -0.15) is 13.9 Å². The van der Waals surface area contributed by atoms with Crippen molar-refractivity contribution >= 4 is 45.8 Å². The Balaban J connectivity index is 1.51. The van der Waals surface area contributed by atoms with Gasteiger partial charge in [0.1, 0.15) is 0 Å². The van der Waals surface area contributed by atoms with E-state index in [4.69, 9.17) is 0 Å². The van der Waals surface area contributed by atoms with Crippen LogP contribution >= 0.6 is 11.3 Å². The molecule has 0 saturated carbocycles. The minimum atomic E-state index is -4.01. The van der Waals surface area contributed by atoms with Crippen molar-refractivity contribution in [2.75, 3.05) is 10.6 Å². The van der Waals surface area contributed by atoms with Crippen molar-refractivity contribution in [2.24, 2.45) is 0 Å². The third-order valence-corrected chi connectivity index (χ3v) is 6.52. The van der Waals surface area contributed by atoms with Gasteiger partial charge in [-0.25, -0.2) is 4.98 Å². The van der Waals surface area contributed by atoms with Crippen LogP contribution in [0.5, 0.6) is 5.75 Å². The molecule has 0 spiro atoms. The van der Waals surface area contributed by atoms with Crippen LogP contribution in [0.15, 0.2) is 36.7 Å². The Hall–Kier alpha value is -3.84. The number of ether oxygens (including phenoxy) is 1. The lowest BCUT2D eigenvalue weighted by Crippen LogP contribution is -2.43. The number of anilines is 2. The Morgan fingerprint density at radius 3 is 2.86 bits per heavy atom. The van der Waals surface area contributed by atoms with Crippen LogP contribution in [-0.4, -0.2) is 48.4 Å². The number of rotatable bonds is 6. The van der Waals surface area contributed by atoms with Crippen LogP contribution in [-0.2, 0) is 11.3 Å². The Morgan fingerprint density at radius 1 is 1.34 bits per heavy atom. The molecule has 4 aromatic rings. The number of fused-ring (bicyclic) bond motifs is 2. The van der Waals surface area contributed by atoms with E-state index in [2.05, 4.69) is 30.6 Å². The van der Waals surface area contributed by atoms with Gasteiger partial charge in [-0.05, 0) is 38.5 Å². The van der Waals surface area contributed by atoms with Gasteiger partial charge >= 0.3 is 12.0 Å². The first-order valence-electron chi connectivity index (χ1n) is 10.6. The second kappa shape index (κ2) is 8.13. The van der Waals surface area contributed by atoms with Gasteiger partial charge in [-0.15, -0.1) is 11.3 Å². The first kappa shape index (κ1) is 22.9. The molecule has 0 bridgehead atoms. The number of imidazole rings is 1. The maximum Gasteiger partial charge on any atom is 0.482 e. The van der Waals surface area contributed by atoms with Crippen LogP contribution in [0.3, 0.4) is 0 Å². The van der Waals surface area contributed by atoms with Gasteiger partial charge in [-0.1, -0.05) is 0 Å². The number of amides is 2. The van der Waals surface area contributed by atoms with Gasteiger partial charge in [0.15, 0.2) is 5.75 Å². The number of nitrogens with one attached hydrogen (secondary N) is 3. The molecule has 1 aliphatic rings. The molecule has 1 aromatic carbocycles. The fourth-order valence-electron chi connectivity index (χ4n) is 3.58. The summed E-state index contributed by atoms with van der Waals surface area (Å²) in [7, 11) is 0. The molecule has 0 atom stereocenters. The molecular formula is C22H20F2N6O4S. The molecule has 3 aromatic heterocycles. The van der Waals surface area contributed by atoms with Crippen molar-refractivity contribution in [2.45, 2.75) is 38.5 Å². The number of hydrogen-bond donors (Lipinski definition) is 4. The lowest BCUT2D eigenvalue weighted by atomic mass is 10.1. The van der Waals surface area contributed by atoms with E-state index in [1.165, 1.54) is 23.5 Å². The van der Waals surface area contributed by atoms with E-state index in [1.54, 1.807) is 42.9 Å². The van der Waals surface area contributed by atoms with E-state index in [0.29, 0.717) is 15.9 Å². The van der Waals surface area contributed by atoms with Gasteiger partial charge in [-0.3, -0.25) is 20.0 Å². The normalized spacial score (nSPS) is 14.9. The molecule has 0 radical (unpaired) electrons. The van der Waals surface area contributed by atoms with Crippen molar-refractivity contribution < 1.29 is 28.2 Å². The Bertz CT molecular complexity index is 1440. The number of aliphatic hydroxyl groups is 1. The summed E-state index contributed by atoms with van der Waals surface area (Å²) in [6, 6.07) is 6.20. The fourth-order valence-corrected chi connectivity index (χ4v) is 4.47. The molecule has 2 amide bonds. The number of aromatic nitrogens is 4. The van der Waals surface area contributed by atoms with Gasteiger partial charge < -0.3 is 19.7 Å². The van der Waals surface area contributed by atoms with Gasteiger partial charge in [0.05, 0.1) is 33.4 Å². The van der Waals surface area contributed by atoms with E-state index in [0.717, 1.165) is 10.4 Å². The summed E-state index contributed by atoms with van der Waals surface area (Å²) < 4.78 is 33.8. The van der Waals surface area contributed by atoms with Gasteiger partial charge in [0, 0.05) is 29.2 Å². The average Bonchev–Trinajstić information content (AvgIpc) is 3.51. The largest absolute Gasteiger partial charge is 0.482 e. The second-order valence-corrected chi connectivity index (χ2v) is 9.75. The maximum absolute atomic E-state index is 13.8. The number of nitrogens with zero attached hydrogens (tertiary/aromatic N) is 3. The number of carbonyl (C=O) groups is 2. The monoisotopic (exact) mass is 502 g/mol. The summed E-state index contributed by atoms with van der Waals surface area (Å²) in [4.78, 5) is 30.3. The van der Waals surface area contributed by atoms with Gasteiger partial charge in [0.2, 0.25) is 5.95 Å². The molecule has 13 heteroatoms. The van der Waals surface area contributed by atoms with Crippen LogP contribution in [0, 0.1) is 0 Å². The van der Waals surface area contributed by atoms with E-state index in [-0.39, 0.29) is 30.4 Å². The molecule has 1 aliphatic heterocycles. The van der Waals surface area contributed by atoms with E-state index < -0.39 is 23.5 Å². The minimum absolute atomic E-state index is 0.0430. The summed E-state index contributed by atoms with van der Waals surface area (Å²) >= 11 is 1.27. The highest BCUT2D eigenvalue weighted by atomic mass is 32.1. The van der Waals surface area contributed by atoms with Crippen molar-refractivity contribution in [3.05, 3.63) is 41.5 Å². The van der Waals surface area contributed by atoms with Crippen molar-refractivity contribution in [1.29, 1.82) is 0 Å². The topological polar surface area (TPSA) is 134 Å². The molecule has 182 valence electrons. The van der Waals surface area contributed by atoms with Crippen LogP contribution < -0.4 is 15.4 Å². The third kappa shape index (κ3) is 4.47. The molecule has 0 saturated heterocycles. The highest BCUT2D eigenvalue weighted by Crippen LogP contribution is 2.39. The van der Waals surface area contributed by atoms with Crippen molar-refractivity contribution in [3.63, 3.8) is 0 Å². The molecule has 0 fully saturated rings. The number of aromatic amines is 1. The van der Waals surface area contributed by atoms with Crippen molar-refractivity contribution in [1.82, 2.24) is 19.7 Å². The molecule has 5 rings (SSSR count). The molecule has 0 unspecified atom stereocenters. The number of thiophene rings is 1. The molecule has 10 nitrogen and oxygen atoms in total. The number of alkyl halides is 2. The zero-order valence-corrected chi connectivity index (χ0v) is 19.4. The molecule has 4 heterocycles. The molecular weight excluding hydrogens is 482 g/mol. The van der Waals surface area contributed by atoms with Gasteiger partial charge in [0.25, 0.3) is 5.91 Å². The Labute approximate surface area is 200 Å². The van der Waals surface area contributed by atoms with Crippen LogP contribution in [0.4, 0.5) is 20.4 Å². The lowest BCUT2D eigenvalue weighted by Gasteiger charge is -2.24. The second-order valence-electron chi connectivity index (χ2n) is 8.66. The predicted molar refractivity (Wildman–Crippen MR) is 125 cm³/mol. The number of benzene rings is 1. The molecule has 4 N–H and O–H groups in total. The Kier molecular flexibility index (Phi) is 5.33. The van der Waals surface area contributed by atoms with E-state index >= 15 is 0 Å². The minimum Gasteiger partial charge on any atom is -0.423 e. The first-order chi connectivity index (χ1) is 16.5. The number of halogens is 2. The fraction of sp³-hybridized carbons (Fsp3) is 0.273. The van der Waals surface area contributed by atoms with E-state index in [9.17, 15) is 23.5 Å². The number of aryl methyl sites for hydroxylation is 1. The third-order valence-electron chi connectivity index (χ3n) is 5.39. The summed E-state index contributed by atoms with van der Waals surface area (Å²) in [5, 5.41) is 21.7. The van der Waals surface area contributed by atoms with Crippen LogP contribution in [0.2, 0.25) is 0 Å². The highest BCUT2D eigenvalue weighted by molar-refractivity contribution is 7.17. The summed E-state index contributed by atoms with van der Waals surface area (Å²) in [6.07, 6.45) is -0.358. The number of carbonyl (C=O) groups excluding carboxylic acids is 2. The highest BCUT2D eigenvalue weighted by Gasteiger charge is 2.46. The number of hydrogen-bond acceptors (Lipinski definition) is 7. The summed E-state index contributed by atoms with van der Waals surface area (Å²) in [5.74, 6) is -2.06. The zero-order valence-electron chi connectivity index (χ0n) is 18.6. The standard InChI is InChI=1S/C22H20F2N6O4S/c1-21(2,33)5-6-30-14-8-15-13(27-19(32)22(23,24)34-15)7-12(14)28-20(30)29-18(31)17-4-3-16(35-17)11-9-25-26-10-11/h3-4,7-10,33H,5-6H2,1-2H3,(H,25,26)(H,27,32)(H,28,29,31). The SMILES string of the molecule is CC(C)(O)CCn1c(NC(=O)c2ccc(-c3cn[nH]c3)s2)nc2cc3c(cc21)OC(F)(F)C(=O)N3. The predicted octanol–water partition coefficient (Wildman–Crippen LogP) is 3.82. The zero-order chi connectivity index (χ0) is 25.0. The maximum atomic E-state index is 13.8. The first-order valence-corrected chi connectivity index (χ1v) is 11.4. The number of H-pyrrole nitrogens is 1. The molecule has 35 heavy (non-hydrogen) atoms. The average molecular weight is 503 g/mol. The summed E-state index contributed by atoms with van der Waals surface area (Å²) in [6.45, 7) is 3.49. The Morgan fingerprint density at radius 2 is 2.14 bits per heavy atom. The quantitative estimate of drug-likeness (QED) is 0.317. The molecule has 0 aliphatic carbocycles. The lowest BCUT2D eigenvalue weighted by molar-refractivity contribution is -0.189. The van der Waals surface area contributed by atoms with Crippen LogP contribution in [0.1, 0.15) is 29.9 Å². The van der Waals surface area contributed by atoms with Crippen LogP contribution in [0.25, 0.3) is 21.5 Å².